The Balaban J connectivity index is 1.51. The number of amides is 1. The number of carbonyl (C=O) groups excluding carboxylic acids is 1. The number of nitrogens with zero attached hydrogens (tertiary/aromatic N) is 3. The molecule has 32 heavy (non-hydrogen) atoms. The van der Waals surface area contributed by atoms with Crippen molar-refractivity contribution in [2.24, 2.45) is 0 Å². The number of likely N-dealkylation sites (tertiary alicyclic amines) is 1. The van der Waals surface area contributed by atoms with Gasteiger partial charge in [-0.05, 0) is 51.8 Å². The van der Waals surface area contributed by atoms with Crippen LogP contribution >= 0.6 is 11.3 Å². The molecule has 1 aromatic heterocycles. The molecule has 8 heteroatoms. The summed E-state index contributed by atoms with van der Waals surface area (Å²) in [4.78, 5) is 23.5. The molecule has 0 aliphatic carbocycles. The van der Waals surface area contributed by atoms with E-state index in [-0.39, 0.29) is 24.2 Å². The van der Waals surface area contributed by atoms with Crippen molar-refractivity contribution in [1.82, 2.24) is 14.8 Å². The van der Waals surface area contributed by atoms with Gasteiger partial charge in [-0.2, -0.15) is 0 Å². The lowest BCUT2D eigenvalue weighted by Gasteiger charge is -2.38. The van der Waals surface area contributed by atoms with E-state index in [1.807, 2.05) is 25.1 Å². The third kappa shape index (κ3) is 4.77. The van der Waals surface area contributed by atoms with Crippen LogP contribution in [0.5, 0.6) is 11.5 Å². The van der Waals surface area contributed by atoms with Crippen LogP contribution in [0.15, 0.2) is 18.2 Å². The lowest BCUT2D eigenvalue weighted by atomic mass is 10.1. The van der Waals surface area contributed by atoms with E-state index in [9.17, 15) is 4.79 Å². The quantitative estimate of drug-likeness (QED) is 0.654. The van der Waals surface area contributed by atoms with Gasteiger partial charge in [0.1, 0.15) is 9.88 Å². The number of methoxy groups -OCH3 is 2. The molecular weight excluding hydrogens is 426 g/mol. The highest BCUT2D eigenvalue weighted by Gasteiger charge is 2.34. The molecule has 3 atom stereocenters. The molecule has 1 aromatic carbocycles. The Morgan fingerprint density at radius 2 is 1.91 bits per heavy atom. The Morgan fingerprint density at radius 3 is 2.59 bits per heavy atom. The van der Waals surface area contributed by atoms with Gasteiger partial charge in [-0.15, -0.1) is 11.3 Å². The first kappa shape index (κ1) is 23.0. The van der Waals surface area contributed by atoms with Gasteiger partial charge in [-0.25, -0.2) is 4.98 Å². The van der Waals surface area contributed by atoms with Crippen LogP contribution in [0.1, 0.15) is 42.1 Å². The van der Waals surface area contributed by atoms with Crippen LogP contribution in [0.2, 0.25) is 0 Å². The highest BCUT2D eigenvalue weighted by Crippen LogP contribution is 2.36. The van der Waals surface area contributed by atoms with Crippen LogP contribution in [-0.2, 0) is 4.74 Å². The number of thiazole rings is 1. The summed E-state index contributed by atoms with van der Waals surface area (Å²) in [5.41, 5.74) is 1.70. The minimum atomic E-state index is 0.101. The molecule has 0 N–H and O–H groups in total. The molecule has 0 saturated carbocycles. The van der Waals surface area contributed by atoms with Gasteiger partial charge < -0.3 is 19.1 Å². The van der Waals surface area contributed by atoms with Crippen molar-refractivity contribution in [3.8, 4) is 22.1 Å². The van der Waals surface area contributed by atoms with E-state index in [4.69, 9.17) is 19.2 Å². The molecule has 1 amide bonds. The largest absolute Gasteiger partial charge is 0.493 e. The van der Waals surface area contributed by atoms with E-state index < -0.39 is 0 Å². The Hall–Kier alpha value is -2.16. The van der Waals surface area contributed by atoms with Crippen molar-refractivity contribution in [3.05, 3.63) is 28.8 Å². The fraction of sp³-hybridized carbons (Fsp3) is 0.583. The maximum atomic E-state index is 13.5. The van der Waals surface area contributed by atoms with Gasteiger partial charge in [0.05, 0.1) is 32.1 Å². The Kier molecular flexibility index (Phi) is 7.02. The van der Waals surface area contributed by atoms with Crippen LogP contribution < -0.4 is 9.47 Å². The monoisotopic (exact) mass is 459 g/mol. The van der Waals surface area contributed by atoms with Crippen molar-refractivity contribution >= 4 is 17.2 Å². The van der Waals surface area contributed by atoms with Gasteiger partial charge in [0.2, 0.25) is 0 Å². The van der Waals surface area contributed by atoms with Gasteiger partial charge >= 0.3 is 0 Å². The zero-order valence-electron chi connectivity index (χ0n) is 19.6. The first-order valence-electron chi connectivity index (χ1n) is 11.3. The number of ether oxygens (including phenoxy) is 3. The summed E-state index contributed by atoms with van der Waals surface area (Å²) in [5, 5.41) is 0.818. The van der Waals surface area contributed by atoms with Crippen LogP contribution in [0, 0.1) is 6.92 Å². The van der Waals surface area contributed by atoms with Gasteiger partial charge in [0, 0.05) is 37.8 Å². The molecule has 0 spiro atoms. The second-order valence-electron chi connectivity index (χ2n) is 8.77. The predicted octanol–water partition coefficient (Wildman–Crippen LogP) is 3.85. The van der Waals surface area contributed by atoms with Gasteiger partial charge in [0.15, 0.2) is 11.5 Å². The van der Waals surface area contributed by atoms with Gasteiger partial charge in [-0.1, -0.05) is 0 Å². The van der Waals surface area contributed by atoms with Crippen molar-refractivity contribution in [1.29, 1.82) is 0 Å². The molecule has 2 fully saturated rings. The summed E-state index contributed by atoms with van der Waals surface area (Å²) in [5.74, 6) is 1.43. The van der Waals surface area contributed by atoms with E-state index in [0.29, 0.717) is 11.5 Å². The van der Waals surface area contributed by atoms with Crippen LogP contribution in [0.3, 0.4) is 0 Å². The Morgan fingerprint density at radius 1 is 1.19 bits per heavy atom. The molecule has 174 valence electrons. The lowest BCUT2D eigenvalue weighted by molar-refractivity contribution is -0.0715. The van der Waals surface area contributed by atoms with Crippen LogP contribution in [0.25, 0.3) is 10.6 Å². The highest BCUT2D eigenvalue weighted by molar-refractivity contribution is 7.17. The third-order valence-electron chi connectivity index (χ3n) is 6.22. The number of benzene rings is 1. The first-order chi connectivity index (χ1) is 15.4. The standard InChI is InChI=1S/C24H33N3O4S/c1-15-12-26(13-16(2)31-15)14-19-7-6-10-27(19)24(28)22-17(3)25-23(32-22)18-8-9-20(29-4)21(11-18)30-5/h8-9,11,15-16,19H,6-7,10,12-14H2,1-5H3. The second kappa shape index (κ2) is 9.77. The number of hydrogen-bond donors (Lipinski definition) is 0. The van der Waals surface area contributed by atoms with Crippen molar-refractivity contribution in [3.63, 3.8) is 0 Å². The average Bonchev–Trinajstić information content (AvgIpc) is 3.38. The number of morpholine rings is 1. The second-order valence-corrected chi connectivity index (χ2v) is 9.77. The zero-order valence-corrected chi connectivity index (χ0v) is 20.4. The van der Waals surface area contributed by atoms with E-state index in [1.54, 1.807) is 14.2 Å². The normalized spacial score (nSPS) is 24.0. The van der Waals surface area contributed by atoms with E-state index >= 15 is 0 Å². The molecule has 3 heterocycles. The number of aromatic nitrogens is 1. The Bertz CT molecular complexity index is 953. The molecule has 2 saturated heterocycles. The maximum Gasteiger partial charge on any atom is 0.266 e. The molecular formula is C24H33N3O4S. The fourth-order valence-corrected chi connectivity index (χ4v) is 5.86. The topological polar surface area (TPSA) is 64.1 Å². The smallest absolute Gasteiger partial charge is 0.266 e. The van der Waals surface area contributed by atoms with Crippen molar-refractivity contribution in [2.45, 2.75) is 51.9 Å². The molecule has 2 aromatic rings. The number of aryl methyl sites for hydroxylation is 1. The zero-order chi connectivity index (χ0) is 22.8. The molecule has 3 unspecified atom stereocenters. The van der Waals surface area contributed by atoms with Gasteiger partial charge in [0.25, 0.3) is 5.91 Å². The number of rotatable bonds is 6. The van der Waals surface area contributed by atoms with Crippen molar-refractivity contribution < 1.29 is 19.0 Å². The lowest BCUT2D eigenvalue weighted by Crippen LogP contribution is -2.50. The number of hydrogen-bond acceptors (Lipinski definition) is 7. The molecule has 2 aliphatic heterocycles. The predicted molar refractivity (Wildman–Crippen MR) is 126 cm³/mol. The summed E-state index contributed by atoms with van der Waals surface area (Å²) < 4.78 is 16.6. The minimum Gasteiger partial charge on any atom is -0.493 e. The summed E-state index contributed by atoms with van der Waals surface area (Å²) in [6.45, 7) is 9.72. The van der Waals surface area contributed by atoms with E-state index in [0.717, 1.165) is 60.2 Å². The molecule has 2 aliphatic rings. The summed E-state index contributed by atoms with van der Waals surface area (Å²) >= 11 is 1.46. The molecule has 0 bridgehead atoms. The minimum absolute atomic E-state index is 0.101. The molecule has 7 nitrogen and oxygen atoms in total. The summed E-state index contributed by atoms with van der Waals surface area (Å²) in [6, 6.07) is 5.97. The number of carbonyl (C=O) groups is 1. The third-order valence-corrected chi connectivity index (χ3v) is 7.42. The van der Waals surface area contributed by atoms with E-state index in [1.165, 1.54) is 11.3 Å². The maximum absolute atomic E-state index is 13.5. The molecule has 4 rings (SSSR count). The SMILES string of the molecule is COc1ccc(-c2nc(C)c(C(=O)N3CCCC3CN3CC(C)OC(C)C3)s2)cc1OC. The van der Waals surface area contributed by atoms with Crippen LogP contribution in [0.4, 0.5) is 0 Å². The average molecular weight is 460 g/mol. The fourth-order valence-electron chi connectivity index (χ4n) is 4.84. The van der Waals surface area contributed by atoms with E-state index in [2.05, 4.69) is 23.6 Å². The van der Waals surface area contributed by atoms with Crippen molar-refractivity contribution in [2.75, 3.05) is 40.4 Å². The summed E-state index contributed by atoms with van der Waals surface area (Å²) in [6.07, 6.45) is 2.56. The van der Waals surface area contributed by atoms with Crippen LogP contribution in [-0.4, -0.2) is 79.3 Å². The summed E-state index contributed by atoms with van der Waals surface area (Å²) in [7, 11) is 3.24. The molecule has 0 radical (unpaired) electrons. The van der Waals surface area contributed by atoms with Gasteiger partial charge in [-0.3, -0.25) is 9.69 Å². The first-order valence-corrected chi connectivity index (χ1v) is 12.1. The highest BCUT2D eigenvalue weighted by atomic mass is 32.1. The Labute approximate surface area is 194 Å².